The summed E-state index contributed by atoms with van der Waals surface area (Å²) in [6, 6.07) is 20.3. The maximum atomic E-state index is 12.7. The first-order chi connectivity index (χ1) is 16.9. The lowest BCUT2D eigenvalue weighted by Gasteiger charge is -2.17. The van der Waals surface area contributed by atoms with Gasteiger partial charge in [-0.3, -0.25) is 9.59 Å². The van der Waals surface area contributed by atoms with E-state index < -0.39 is 0 Å². The van der Waals surface area contributed by atoms with Crippen molar-refractivity contribution >= 4 is 29.3 Å². The molecule has 0 unspecified atom stereocenters. The molecule has 2 amide bonds. The number of hydrogen-bond donors (Lipinski definition) is 2. The Kier molecular flexibility index (Phi) is 9.07. The summed E-state index contributed by atoms with van der Waals surface area (Å²) in [6.45, 7) is 8.77. The average Bonchev–Trinajstić information content (AvgIpc) is 2.86. The Bertz CT molecular complexity index is 1170. The van der Waals surface area contributed by atoms with E-state index in [0.717, 1.165) is 5.56 Å². The molecule has 0 aliphatic heterocycles. The van der Waals surface area contributed by atoms with Crippen LogP contribution in [-0.4, -0.2) is 25.0 Å². The lowest BCUT2D eigenvalue weighted by Crippen LogP contribution is -2.14. The molecule has 0 saturated heterocycles. The van der Waals surface area contributed by atoms with Crippen molar-refractivity contribution in [1.29, 1.82) is 0 Å². The van der Waals surface area contributed by atoms with Crippen molar-refractivity contribution < 1.29 is 19.1 Å². The summed E-state index contributed by atoms with van der Waals surface area (Å²) in [5.41, 5.74) is 3.62. The molecule has 0 aliphatic rings. The highest BCUT2D eigenvalue weighted by molar-refractivity contribution is 6.06. The molecule has 0 atom stereocenters. The summed E-state index contributed by atoms with van der Waals surface area (Å²) in [7, 11) is 0. The van der Waals surface area contributed by atoms with Gasteiger partial charge in [0.15, 0.2) is 0 Å². The quantitative estimate of drug-likeness (QED) is 0.330. The van der Waals surface area contributed by atoms with Crippen molar-refractivity contribution in [3.63, 3.8) is 0 Å². The summed E-state index contributed by atoms with van der Waals surface area (Å²) in [5.74, 6) is 0.749. The second-order valence-corrected chi connectivity index (χ2v) is 8.17. The first kappa shape index (κ1) is 25.6. The lowest BCUT2D eigenvalue weighted by atomic mass is 10.0. The molecule has 0 aliphatic carbocycles. The molecule has 182 valence electrons. The molecule has 0 spiro atoms. The van der Waals surface area contributed by atoms with E-state index in [9.17, 15) is 9.59 Å². The Morgan fingerprint density at radius 2 is 1.40 bits per heavy atom. The molecule has 0 saturated carbocycles. The van der Waals surface area contributed by atoms with Gasteiger partial charge in [-0.1, -0.05) is 56.3 Å². The first-order valence-corrected chi connectivity index (χ1v) is 11.8. The van der Waals surface area contributed by atoms with E-state index in [2.05, 4.69) is 36.6 Å². The van der Waals surface area contributed by atoms with Crippen molar-refractivity contribution in [3.8, 4) is 11.5 Å². The molecule has 6 nitrogen and oxygen atoms in total. The Labute approximate surface area is 207 Å². The summed E-state index contributed by atoms with van der Waals surface area (Å²) in [6.07, 6.45) is 3.24. The van der Waals surface area contributed by atoms with Gasteiger partial charge in [-0.15, -0.1) is 0 Å². The van der Waals surface area contributed by atoms with E-state index in [1.54, 1.807) is 42.5 Å². The van der Waals surface area contributed by atoms with Gasteiger partial charge < -0.3 is 20.1 Å². The summed E-state index contributed by atoms with van der Waals surface area (Å²) in [4.78, 5) is 25.4. The highest BCUT2D eigenvalue weighted by Gasteiger charge is 2.16. The standard InChI is InChI=1S/C29H32N2O4/c1-5-34-26-19-25(31-29(33)23-10-8-7-9-11-23)27(35-6-2)18-24(26)30-28(32)17-14-21-12-15-22(16-13-21)20(3)4/h7-20H,5-6H2,1-4H3,(H,30,32)(H,31,33). The number of carbonyl (C=O) groups excluding carboxylic acids is 2. The van der Waals surface area contributed by atoms with Crippen molar-refractivity contribution in [2.24, 2.45) is 0 Å². The van der Waals surface area contributed by atoms with Crippen molar-refractivity contribution in [3.05, 3.63) is 89.5 Å². The number of rotatable bonds is 10. The second-order valence-electron chi connectivity index (χ2n) is 8.17. The van der Waals surface area contributed by atoms with Crippen LogP contribution in [-0.2, 0) is 4.79 Å². The van der Waals surface area contributed by atoms with Crippen molar-refractivity contribution in [1.82, 2.24) is 0 Å². The third-order valence-corrected chi connectivity index (χ3v) is 5.25. The molecule has 0 fully saturated rings. The highest BCUT2D eigenvalue weighted by atomic mass is 16.5. The van der Waals surface area contributed by atoms with Crippen LogP contribution in [0, 0.1) is 0 Å². The minimum Gasteiger partial charge on any atom is -0.492 e. The summed E-state index contributed by atoms with van der Waals surface area (Å²) in [5, 5.41) is 5.74. The molecular formula is C29H32N2O4. The molecule has 35 heavy (non-hydrogen) atoms. The molecule has 0 heterocycles. The van der Waals surface area contributed by atoms with Gasteiger partial charge in [0.2, 0.25) is 5.91 Å². The zero-order chi connectivity index (χ0) is 25.2. The number of nitrogens with one attached hydrogen (secondary N) is 2. The van der Waals surface area contributed by atoms with Gasteiger partial charge in [0.1, 0.15) is 11.5 Å². The van der Waals surface area contributed by atoms with E-state index in [0.29, 0.717) is 47.6 Å². The predicted molar refractivity (Wildman–Crippen MR) is 141 cm³/mol. The van der Waals surface area contributed by atoms with Gasteiger partial charge in [0.25, 0.3) is 5.91 Å². The number of carbonyl (C=O) groups is 2. The number of amides is 2. The van der Waals surface area contributed by atoms with Gasteiger partial charge in [0, 0.05) is 23.8 Å². The molecule has 3 aromatic carbocycles. The smallest absolute Gasteiger partial charge is 0.255 e. The van der Waals surface area contributed by atoms with Crippen LogP contribution >= 0.6 is 0 Å². The molecule has 0 bridgehead atoms. The molecule has 0 aromatic heterocycles. The Morgan fingerprint density at radius 3 is 1.94 bits per heavy atom. The monoisotopic (exact) mass is 472 g/mol. The van der Waals surface area contributed by atoms with Crippen molar-refractivity contribution in [2.75, 3.05) is 23.8 Å². The fraction of sp³-hybridized carbons (Fsp3) is 0.241. The van der Waals surface area contributed by atoms with Crippen molar-refractivity contribution in [2.45, 2.75) is 33.6 Å². The van der Waals surface area contributed by atoms with Crippen LogP contribution in [0.15, 0.2) is 72.8 Å². The van der Waals surface area contributed by atoms with Crippen LogP contribution < -0.4 is 20.1 Å². The van der Waals surface area contributed by atoms with E-state index in [1.807, 2.05) is 32.0 Å². The fourth-order valence-corrected chi connectivity index (χ4v) is 3.43. The molecule has 3 aromatic rings. The zero-order valence-electron chi connectivity index (χ0n) is 20.6. The topological polar surface area (TPSA) is 76.7 Å². The minimum atomic E-state index is -0.303. The summed E-state index contributed by atoms with van der Waals surface area (Å²) < 4.78 is 11.5. The summed E-state index contributed by atoms with van der Waals surface area (Å²) >= 11 is 0. The Hall–Kier alpha value is -4.06. The third-order valence-electron chi connectivity index (χ3n) is 5.25. The van der Waals surface area contributed by atoms with Crippen LogP contribution in [0.2, 0.25) is 0 Å². The molecular weight excluding hydrogens is 440 g/mol. The number of hydrogen-bond acceptors (Lipinski definition) is 4. The van der Waals surface area contributed by atoms with Gasteiger partial charge in [-0.05, 0) is 49.1 Å². The van der Waals surface area contributed by atoms with E-state index in [4.69, 9.17) is 9.47 Å². The fourth-order valence-electron chi connectivity index (χ4n) is 3.43. The predicted octanol–water partition coefficient (Wildman–Crippen LogP) is 6.51. The SMILES string of the molecule is CCOc1cc(NC(=O)c2ccccc2)c(OCC)cc1NC(=O)C=Cc1ccc(C(C)C)cc1. The molecule has 2 N–H and O–H groups in total. The normalized spacial score (nSPS) is 10.9. The van der Waals surface area contributed by atoms with Crippen LogP contribution in [0.3, 0.4) is 0 Å². The largest absolute Gasteiger partial charge is 0.492 e. The van der Waals surface area contributed by atoms with Crippen LogP contribution in [0.1, 0.15) is 55.1 Å². The van der Waals surface area contributed by atoms with E-state index in [-0.39, 0.29) is 11.8 Å². The second kappa shape index (κ2) is 12.4. The number of ether oxygens (including phenoxy) is 2. The van der Waals surface area contributed by atoms with Gasteiger partial charge in [-0.2, -0.15) is 0 Å². The van der Waals surface area contributed by atoms with Crippen LogP contribution in [0.25, 0.3) is 6.08 Å². The first-order valence-electron chi connectivity index (χ1n) is 11.8. The maximum absolute atomic E-state index is 12.7. The third kappa shape index (κ3) is 7.21. The van der Waals surface area contributed by atoms with E-state index >= 15 is 0 Å². The van der Waals surface area contributed by atoms with Crippen LogP contribution in [0.5, 0.6) is 11.5 Å². The van der Waals surface area contributed by atoms with E-state index in [1.165, 1.54) is 11.6 Å². The van der Waals surface area contributed by atoms with Gasteiger partial charge >= 0.3 is 0 Å². The highest BCUT2D eigenvalue weighted by Crippen LogP contribution is 2.37. The lowest BCUT2D eigenvalue weighted by molar-refractivity contribution is -0.111. The van der Waals surface area contributed by atoms with Crippen LogP contribution in [0.4, 0.5) is 11.4 Å². The Balaban J connectivity index is 1.81. The number of anilines is 2. The molecule has 0 radical (unpaired) electrons. The molecule has 6 heteroatoms. The van der Waals surface area contributed by atoms with Gasteiger partial charge in [-0.25, -0.2) is 0 Å². The zero-order valence-corrected chi connectivity index (χ0v) is 20.6. The molecule has 3 rings (SSSR count). The maximum Gasteiger partial charge on any atom is 0.255 e. The Morgan fingerprint density at radius 1 is 0.829 bits per heavy atom. The average molecular weight is 473 g/mol. The number of benzene rings is 3. The van der Waals surface area contributed by atoms with Gasteiger partial charge in [0.05, 0.1) is 24.6 Å². The minimum absolute atomic E-state index is 0.266.